The molecule has 0 radical (unpaired) electrons. The molecule has 0 saturated heterocycles. The number of hydrogen-bond acceptors (Lipinski definition) is 4. The van der Waals surface area contributed by atoms with Crippen LogP contribution in [0.1, 0.15) is 18.6 Å². The van der Waals surface area contributed by atoms with E-state index in [1.807, 2.05) is 48.5 Å². The lowest BCUT2D eigenvalue weighted by Gasteiger charge is -2.17. The van der Waals surface area contributed by atoms with Gasteiger partial charge in [-0.3, -0.25) is 0 Å². The first-order valence-corrected chi connectivity index (χ1v) is 7.50. The molecule has 0 N–H and O–H groups in total. The topological polar surface area (TPSA) is 57.0 Å². The van der Waals surface area contributed by atoms with Crippen LogP contribution in [-0.4, -0.2) is 21.0 Å². The molecule has 2 aromatic carbocycles. The summed E-state index contributed by atoms with van der Waals surface area (Å²) in [6.07, 6.45) is 0.961. The molecule has 3 rings (SSSR count). The largest absolute Gasteiger partial charge is 0.450 e. The number of ether oxygens (including phenoxy) is 1. The van der Waals surface area contributed by atoms with E-state index in [1.54, 1.807) is 17.8 Å². The van der Waals surface area contributed by atoms with Crippen LogP contribution >= 0.6 is 0 Å². The van der Waals surface area contributed by atoms with Crippen molar-refractivity contribution in [3.8, 4) is 5.69 Å². The van der Waals surface area contributed by atoms with Crippen LogP contribution in [0.3, 0.4) is 0 Å². The van der Waals surface area contributed by atoms with E-state index < -0.39 is 12.1 Å². The lowest BCUT2D eigenvalue weighted by molar-refractivity contribution is -0.142. The van der Waals surface area contributed by atoms with Crippen LogP contribution in [-0.2, 0) is 9.53 Å². The highest BCUT2D eigenvalue weighted by atomic mass is 16.5. The molecule has 1 heterocycles. The van der Waals surface area contributed by atoms with E-state index in [4.69, 9.17) is 4.74 Å². The summed E-state index contributed by atoms with van der Waals surface area (Å²) in [4.78, 5) is 13.4. The number of rotatable bonds is 5. The van der Waals surface area contributed by atoms with Crippen LogP contribution in [0, 0.1) is 0 Å². The maximum Gasteiger partial charge on any atom is 0.334 e. The number of nitrogens with zero attached hydrogens (tertiary/aromatic N) is 3. The van der Waals surface area contributed by atoms with Gasteiger partial charge in [-0.2, -0.15) is 0 Å². The number of carbonyl (C=O) groups is 1. The van der Waals surface area contributed by atoms with Gasteiger partial charge in [0.1, 0.15) is 17.1 Å². The molecule has 0 spiro atoms. The first-order chi connectivity index (χ1) is 11.6. The molecule has 5 nitrogen and oxygen atoms in total. The molecular weight excluding hydrogens is 302 g/mol. The standard InChI is InChI=1S/C19H17N3O2/c1-4-18(24-19(23)13(2)3)14-9-5-8-12-17(14)22-20-15-10-6-7-11-16(15)21-22/h4-12,18H,1-2H2,3H3. The SMILES string of the molecule is C=CC(OC(=O)C(=C)C)c1ccccc1-n1nc2ccccc2n1. The van der Waals surface area contributed by atoms with E-state index in [0.717, 1.165) is 22.3 Å². The van der Waals surface area contributed by atoms with Crippen molar-refractivity contribution in [3.63, 3.8) is 0 Å². The second-order valence-electron chi connectivity index (χ2n) is 5.38. The molecule has 1 unspecified atom stereocenters. The van der Waals surface area contributed by atoms with Crippen LogP contribution in [0.15, 0.2) is 73.3 Å². The number of fused-ring (bicyclic) bond motifs is 1. The van der Waals surface area contributed by atoms with Crippen LogP contribution in [0.2, 0.25) is 0 Å². The lowest BCUT2D eigenvalue weighted by Crippen LogP contribution is -2.13. The Kier molecular flexibility index (Phi) is 4.24. The average Bonchev–Trinajstić information content (AvgIpc) is 3.03. The predicted molar refractivity (Wildman–Crippen MR) is 92.7 cm³/mol. The molecule has 0 aliphatic heterocycles. The van der Waals surface area contributed by atoms with Crippen molar-refractivity contribution in [1.29, 1.82) is 0 Å². The van der Waals surface area contributed by atoms with Gasteiger partial charge in [-0.15, -0.1) is 15.0 Å². The summed E-state index contributed by atoms with van der Waals surface area (Å²) >= 11 is 0. The highest BCUT2D eigenvalue weighted by Crippen LogP contribution is 2.26. The molecule has 0 amide bonds. The Morgan fingerprint density at radius 2 is 1.71 bits per heavy atom. The Bertz CT molecular complexity index is 894. The summed E-state index contributed by atoms with van der Waals surface area (Å²) in [5, 5.41) is 8.98. The number of hydrogen-bond donors (Lipinski definition) is 0. The smallest absolute Gasteiger partial charge is 0.334 e. The van der Waals surface area contributed by atoms with Crippen molar-refractivity contribution >= 4 is 17.0 Å². The molecule has 0 fully saturated rings. The summed E-state index contributed by atoms with van der Waals surface area (Å²) in [6.45, 7) is 8.98. The van der Waals surface area contributed by atoms with Gasteiger partial charge < -0.3 is 4.74 Å². The fourth-order valence-corrected chi connectivity index (χ4v) is 2.33. The summed E-state index contributed by atoms with van der Waals surface area (Å²) in [7, 11) is 0. The number of benzene rings is 2. The molecule has 0 aliphatic rings. The number of esters is 1. The first kappa shape index (κ1) is 15.7. The van der Waals surface area contributed by atoms with Crippen molar-refractivity contribution in [2.45, 2.75) is 13.0 Å². The molecular formula is C19H17N3O2. The second kappa shape index (κ2) is 6.50. The third kappa shape index (κ3) is 2.96. The van der Waals surface area contributed by atoms with Gasteiger partial charge in [-0.05, 0) is 31.2 Å². The van der Waals surface area contributed by atoms with Crippen LogP contribution < -0.4 is 0 Å². The Balaban J connectivity index is 2.05. The minimum Gasteiger partial charge on any atom is -0.450 e. The Labute approximate surface area is 139 Å². The Morgan fingerprint density at radius 3 is 2.29 bits per heavy atom. The molecule has 120 valence electrons. The van der Waals surface area contributed by atoms with E-state index >= 15 is 0 Å². The van der Waals surface area contributed by atoms with Gasteiger partial charge in [0.25, 0.3) is 0 Å². The number of para-hydroxylation sites is 1. The minimum absolute atomic E-state index is 0.335. The van der Waals surface area contributed by atoms with Gasteiger partial charge in [0.15, 0.2) is 0 Å². The normalized spacial score (nSPS) is 11.9. The van der Waals surface area contributed by atoms with Crippen LogP contribution in [0.25, 0.3) is 16.7 Å². The third-order valence-electron chi connectivity index (χ3n) is 3.54. The van der Waals surface area contributed by atoms with E-state index in [0.29, 0.717) is 5.57 Å². The summed E-state index contributed by atoms with van der Waals surface area (Å²) < 4.78 is 5.46. The molecule has 5 heteroatoms. The highest BCUT2D eigenvalue weighted by Gasteiger charge is 2.19. The molecule has 24 heavy (non-hydrogen) atoms. The van der Waals surface area contributed by atoms with Crippen molar-refractivity contribution in [2.75, 3.05) is 0 Å². The molecule has 0 saturated carbocycles. The zero-order valence-electron chi connectivity index (χ0n) is 13.3. The number of aromatic nitrogens is 3. The first-order valence-electron chi connectivity index (χ1n) is 7.50. The van der Waals surface area contributed by atoms with Gasteiger partial charge in [0.05, 0.1) is 5.69 Å². The zero-order valence-corrected chi connectivity index (χ0v) is 13.3. The summed E-state index contributed by atoms with van der Waals surface area (Å²) in [5.74, 6) is -0.465. The van der Waals surface area contributed by atoms with E-state index in [9.17, 15) is 4.79 Å². The van der Waals surface area contributed by atoms with Gasteiger partial charge in [0, 0.05) is 11.1 Å². The molecule has 0 bridgehead atoms. The summed E-state index contributed by atoms with van der Waals surface area (Å²) in [5.41, 5.74) is 3.40. The monoisotopic (exact) mass is 319 g/mol. The number of carbonyl (C=O) groups excluding carboxylic acids is 1. The van der Waals surface area contributed by atoms with Crippen molar-refractivity contribution in [3.05, 3.63) is 78.9 Å². The molecule has 1 aromatic heterocycles. The fraction of sp³-hybridized carbons (Fsp3) is 0.105. The van der Waals surface area contributed by atoms with E-state index in [-0.39, 0.29) is 0 Å². The predicted octanol–water partition coefficient (Wildman–Crippen LogP) is 3.77. The van der Waals surface area contributed by atoms with Crippen molar-refractivity contribution < 1.29 is 9.53 Å². The molecule has 3 aromatic rings. The van der Waals surface area contributed by atoms with E-state index in [2.05, 4.69) is 23.4 Å². The highest BCUT2D eigenvalue weighted by molar-refractivity contribution is 5.87. The quantitative estimate of drug-likeness (QED) is 0.408. The third-order valence-corrected chi connectivity index (χ3v) is 3.54. The van der Waals surface area contributed by atoms with Crippen LogP contribution in [0.5, 0.6) is 0 Å². The molecule has 0 aliphatic carbocycles. The Morgan fingerprint density at radius 1 is 1.12 bits per heavy atom. The molecule has 1 atom stereocenters. The fourth-order valence-electron chi connectivity index (χ4n) is 2.33. The van der Waals surface area contributed by atoms with Gasteiger partial charge in [-0.25, -0.2) is 4.79 Å². The average molecular weight is 319 g/mol. The Hall–Kier alpha value is -3.21. The van der Waals surface area contributed by atoms with Gasteiger partial charge in [0.2, 0.25) is 0 Å². The van der Waals surface area contributed by atoms with Gasteiger partial charge in [-0.1, -0.05) is 43.5 Å². The maximum atomic E-state index is 11.9. The zero-order chi connectivity index (χ0) is 17.1. The van der Waals surface area contributed by atoms with Gasteiger partial charge >= 0.3 is 5.97 Å². The lowest BCUT2D eigenvalue weighted by atomic mass is 10.1. The van der Waals surface area contributed by atoms with Crippen molar-refractivity contribution in [2.24, 2.45) is 0 Å². The van der Waals surface area contributed by atoms with Crippen LogP contribution in [0.4, 0.5) is 0 Å². The minimum atomic E-state index is -0.612. The van der Waals surface area contributed by atoms with E-state index in [1.165, 1.54) is 0 Å². The summed E-state index contributed by atoms with van der Waals surface area (Å²) in [6, 6.07) is 15.1. The maximum absolute atomic E-state index is 11.9. The second-order valence-corrected chi connectivity index (χ2v) is 5.38. The van der Waals surface area contributed by atoms with Crippen molar-refractivity contribution in [1.82, 2.24) is 15.0 Å².